The maximum Gasteiger partial charge on any atom is 0.124 e. The first-order chi connectivity index (χ1) is 10.3. The molecule has 2 unspecified atom stereocenters. The van der Waals surface area contributed by atoms with Crippen LogP contribution in [0.25, 0.3) is 10.9 Å². The summed E-state index contributed by atoms with van der Waals surface area (Å²) in [4.78, 5) is 0. The Bertz CT molecular complexity index is 780. The average Bonchev–Trinajstić information content (AvgIpc) is 2.98. The van der Waals surface area contributed by atoms with Gasteiger partial charge in [0.05, 0.1) is 24.4 Å². The number of rotatable bonds is 2. The Morgan fingerprint density at radius 2 is 2.14 bits per heavy atom. The second kappa shape index (κ2) is 4.81. The smallest absolute Gasteiger partial charge is 0.124 e. The summed E-state index contributed by atoms with van der Waals surface area (Å²) in [6, 6.07) is 14.8. The molecule has 2 aromatic carbocycles. The maximum absolute atomic E-state index is 5.81. The monoisotopic (exact) mass is 279 g/mol. The molecule has 0 bridgehead atoms. The molecule has 3 aromatic rings. The number of nitrogens with one attached hydrogen (secondary N) is 2. The van der Waals surface area contributed by atoms with Crippen molar-refractivity contribution in [3.63, 3.8) is 0 Å². The van der Waals surface area contributed by atoms with E-state index >= 15 is 0 Å². The highest BCUT2D eigenvalue weighted by molar-refractivity contribution is 5.81. The third kappa shape index (κ3) is 2.13. The fourth-order valence-electron chi connectivity index (χ4n) is 2.92. The highest BCUT2D eigenvalue weighted by Gasteiger charge is 2.27. The predicted molar refractivity (Wildman–Crippen MR) is 83.6 cm³/mol. The van der Waals surface area contributed by atoms with Gasteiger partial charge in [-0.1, -0.05) is 25.1 Å². The number of anilines is 1. The fourth-order valence-corrected chi connectivity index (χ4v) is 2.92. The molecule has 1 aliphatic rings. The molecule has 0 saturated heterocycles. The van der Waals surface area contributed by atoms with Crippen LogP contribution in [0.2, 0.25) is 0 Å². The van der Waals surface area contributed by atoms with Gasteiger partial charge in [0.2, 0.25) is 0 Å². The van der Waals surface area contributed by atoms with E-state index in [-0.39, 0.29) is 6.04 Å². The number of benzene rings is 2. The van der Waals surface area contributed by atoms with Crippen LogP contribution in [0.15, 0.2) is 48.7 Å². The molecule has 2 N–H and O–H groups in total. The Hall–Kier alpha value is -2.49. The van der Waals surface area contributed by atoms with Crippen molar-refractivity contribution < 1.29 is 4.74 Å². The van der Waals surface area contributed by atoms with Gasteiger partial charge in [-0.3, -0.25) is 5.10 Å². The van der Waals surface area contributed by atoms with E-state index in [1.807, 2.05) is 18.3 Å². The molecule has 0 aliphatic carbocycles. The number of ether oxygens (including phenoxy) is 1. The minimum Gasteiger partial charge on any atom is -0.493 e. The van der Waals surface area contributed by atoms with E-state index < -0.39 is 0 Å². The van der Waals surface area contributed by atoms with Gasteiger partial charge in [0.1, 0.15) is 5.75 Å². The van der Waals surface area contributed by atoms with Gasteiger partial charge >= 0.3 is 0 Å². The highest BCUT2D eigenvalue weighted by atomic mass is 16.5. The van der Waals surface area contributed by atoms with Gasteiger partial charge in [0.25, 0.3) is 0 Å². The zero-order valence-corrected chi connectivity index (χ0v) is 11.8. The Morgan fingerprint density at radius 1 is 1.24 bits per heavy atom. The minimum atomic E-state index is 0.260. The third-order valence-electron chi connectivity index (χ3n) is 4.09. The van der Waals surface area contributed by atoms with Crippen LogP contribution in [0.4, 0.5) is 5.69 Å². The molecule has 1 aliphatic heterocycles. The molecule has 2 atom stereocenters. The lowest BCUT2D eigenvalue weighted by Gasteiger charge is -2.32. The highest BCUT2D eigenvalue weighted by Crippen LogP contribution is 2.37. The van der Waals surface area contributed by atoms with Crippen LogP contribution in [0, 0.1) is 5.92 Å². The number of hydrogen-bond acceptors (Lipinski definition) is 3. The first-order valence-electron chi connectivity index (χ1n) is 7.22. The van der Waals surface area contributed by atoms with E-state index in [1.165, 1.54) is 5.56 Å². The minimum absolute atomic E-state index is 0.260. The van der Waals surface area contributed by atoms with Crippen LogP contribution in [0.1, 0.15) is 18.5 Å². The first kappa shape index (κ1) is 12.3. The number of nitrogens with zero attached hydrogens (tertiary/aromatic N) is 1. The van der Waals surface area contributed by atoms with Crippen LogP contribution in [0.5, 0.6) is 5.75 Å². The normalized spacial score (nSPS) is 20.8. The molecule has 21 heavy (non-hydrogen) atoms. The van der Waals surface area contributed by atoms with Gasteiger partial charge in [-0.2, -0.15) is 5.10 Å². The van der Waals surface area contributed by atoms with Gasteiger partial charge in [0, 0.05) is 22.6 Å². The van der Waals surface area contributed by atoms with Crippen molar-refractivity contribution in [1.29, 1.82) is 0 Å². The quantitative estimate of drug-likeness (QED) is 0.751. The Morgan fingerprint density at radius 3 is 3.10 bits per heavy atom. The van der Waals surface area contributed by atoms with Gasteiger partial charge in [0.15, 0.2) is 0 Å². The summed E-state index contributed by atoms with van der Waals surface area (Å²) in [7, 11) is 0. The van der Waals surface area contributed by atoms with Crippen molar-refractivity contribution in [3.05, 3.63) is 54.2 Å². The van der Waals surface area contributed by atoms with Crippen molar-refractivity contribution in [2.45, 2.75) is 13.0 Å². The van der Waals surface area contributed by atoms with Gasteiger partial charge in [-0.15, -0.1) is 0 Å². The second-order valence-corrected chi connectivity index (χ2v) is 5.62. The topological polar surface area (TPSA) is 49.9 Å². The van der Waals surface area contributed by atoms with Crippen LogP contribution in [-0.2, 0) is 0 Å². The summed E-state index contributed by atoms with van der Waals surface area (Å²) in [5.41, 5.74) is 3.37. The molecule has 2 heterocycles. The molecular formula is C17H17N3O. The van der Waals surface area contributed by atoms with Crippen LogP contribution in [-0.4, -0.2) is 16.8 Å². The predicted octanol–water partition coefficient (Wildman–Crippen LogP) is 3.74. The summed E-state index contributed by atoms with van der Waals surface area (Å²) in [5, 5.41) is 11.8. The SMILES string of the molecule is CC1COc2ccccc2C1Nc1ccc2cn[nH]c2c1. The molecule has 4 heteroatoms. The molecular weight excluding hydrogens is 262 g/mol. The molecule has 4 nitrogen and oxygen atoms in total. The van der Waals surface area contributed by atoms with Gasteiger partial charge in [-0.25, -0.2) is 0 Å². The molecule has 0 spiro atoms. The van der Waals surface area contributed by atoms with E-state index in [0.29, 0.717) is 5.92 Å². The van der Waals surface area contributed by atoms with Crippen molar-refractivity contribution >= 4 is 16.6 Å². The number of hydrogen-bond donors (Lipinski definition) is 2. The lowest BCUT2D eigenvalue weighted by molar-refractivity contribution is 0.214. The zero-order valence-electron chi connectivity index (χ0n) is 11.8. The summed E-state index contributed by atoms with van der Waals surface area (Å²) in [6.45, 7) is 2.95. The summed E-state index contributed by atoms with van der Waals surface area (Å²) in [6.07, 6.45) is 1.84. The Kier molecular flexibility index (Phi) is 2.81. The van der Waals surface area contributed by atoms with E-state index in [4.69, 9.17) is 4.74 Å². The van der Waals surface area contributed by atoms with Crippen LogP contribution in [0.3, 0.4) is 0 Å². The van der Waals surface area contributed by atoms with E-state index in [1.54, 1.807) is 0 Å². The number of H-pyrrole nitrogens is 1. The average molecular weight is 279 g/mol. The molecule has 106 valence electrons. The molecule has 0 radical (unpaired) electrons. The largest absolute Gasteiger partial charge is 0.493 e. The van der Waals surface area contributed by atoms with Crippen LogP contribution >= 0.6 is 0 Å². The van der Waals surface area contributed by atoms with Crippen molar-refractivity contribution in [2.75, 3.05) is 11.9 Å². The maximum atomic E-state index is 5.81. The summed E-state index contributed by atoms with van der Waals surface area (Å²) >= 11 is 0. The molecule has 0 saturated carbocycles. The van der Waals surface area contributed by atoms with Crippen molar-refractivity contribution in [3.8, 4) is 5.75 Å². The standard InChI is InChI=1S/C17H17N3O/c1-11-10-21-16-5-3-2-4-14(16)17(11)19-13-7-6-12-9-18-20-15(12)8-13/h2-9,11,17,19H,10H2,1H3,(H,18,20). The van der Waals surface area contributed by atoms with Crippen molar-refractivity contribution in [1.82, 2.24) is 10.2 Å². The van der Waals surface area contributed by atoms with Crippen molar-refractivity contribution in [2.24, 2.45) is 5.92 Å². The Labute approximate surface area is 123 Å². The zero-order chi connectivity index (χ0) is 14.2. The Balaban J connectivity index is 1.69. The summed E-state index contributed by atoms with van der Waals surface area (Å²) < 4.78 is 5.81. The molecule has 4 rings (SSSR count). The van der Waals surface area contributed by atoms with E-state index in [0.717, 1.165) is 28.9 Å². The fraction of sp³-hybridized carbons (Fsp3) is 0.235. The molecule has 1 aromatic heterocycles. The van der Waals surface area contributed by atoms with Crippen LogP contribution < -0.4 is 10.1 Å². The molecule has 0 amide bonds. The third-order valence-corrected chi connectivity index (χ3v) is 4.09. The lowest BCUT2D eigenvalue weighted by atomic mass is 9.92. The number of para-hydroxylation sites is 1. The number of fused-ring (bicyclic) bond motifs is 2. The molecule has 0 fully saturated rings. The second-order valence-electron chi connectivity index (χ2n) is 5.62. The number of aromatic nitrogens is 2. The summed E-state index contributed by atoms with van der Waals surface area (Å²) in [5.74, 6) is 1.40. The first-order valence-corrected chi connectivity index (χ1v) is 7.22. The van der Waals surface area contributed by atoms with Gasteiger partial charge < -0.3 is 10.1 Å². The van der Waals surface area contributed by atoms with Gasteiger partial charge in [-0.05, 0) is 24.3 Å². The van der Waals surface area contributed by atoms with E-state index in [9.17, 15) is 0 Å². The number of aromatic amines is 1. The lowest BCUT2D eigenvalue weighted by Crippen LogP contribution is -2.28. The van der Waals surface area contributed by atoms with E-state index in [2.05, 4.69) is 52.8 Å².